The van der Waals surface area contributed by atoms with Gasteiger partial charge in [0.1, 0.15) is 0 Å². The molecule has 5 heteroatoms. The molecule has 2 aromatic rings. The third kappa shape index (κ3) is 2.26. The highest BCUT2D eigenvalue weighted by atomic mass is 16.5. The fourth-order valence-corrected chi connectivity index (χ4v) is 2.38. The number of ether oxygens (including phenoxy) is 1. The van der Waals surface area contributed by atoms with Gasteiger partial charge in [0.25, 0.3) is 0 Å². The fraction of sp³-hybridized carbons (Fsp3) is 0.462. The van der Waals surface area contributed by atoms with Crippen LogP contribution in [0.4, 0.5) is 11.4 Å². The lowest BCUT2D eigenvalue weighted by atomic mass is 10.1. The molecule has 1 fully saturated rings. The van der Waals surface area contributed by atoms with E-state index < -0.39 is 0 Å². The summed E-state index contributed by atoms with van der Waals surface area (Å²) in [6, 6.07) is 3.96. The molecule has 1 aromatic heterocycles. The van der Waals surface area contributed by atoms with Crippen molar-refractivity contribution < 1.29 is 4.74 Å². The SMILES string of the molecule is Nc1cc2cn[nH]c2cc1NCCC1CCOC1. The molecule has 0 spiro atoms. The molecule has 5 nitrogen and oxygen atoms in total. The molecule has 1 saturated heterocycles. The highest BCUT2D eigenvalue weighted by Gasteiger charge is 2.14. The van der Waals surface area contributed by atoms with Crippen molar-refractivity contribution in [3.8, 4) is 0 Å². The van der Waals surface area contributed by atoms with Crippen LogP contribution < -0.4 is 11.1 Å². The van der Waals surface area contributed by atoms with E-state index in [4.69, 9.17) is 10.5 Å². The third-order valence-corrected chi connectivity index (χ3v) is 3.50. The molecule has 96 valence electrons. The molecular formula is C13H18N4O. The van der Waals surface area contributed by atoms with Gasteiger partial charge >= 0.3 is 0 Å². The van der Waals surface area contributed by atoms with E-state index in [9.17, 15) is 0 Å². The number of anilines is 2. The predicted octanol–water partition coefficient (Wildman–Crippen LogP) is 1.98. The lowest BCUT2D eigenvalue weighted by Crippen LogP contribution is -2.10. The quantitative estimate of drug-likeness (QED) is 0.721. The van der Waals surface area contributed by atoms with Crippen LogP contribution in [0.15, 0.2) is 18.3 Å². The molecule has 0 amide bonds. The average molecular weight is 246 g/mol. The van der Waals surface area contributed by atoms with E-state index in [1.54, 1.807) is 6.20 Å². The van der Waals surface area contributed by atoms with Gasteiger partial charge in [-0.3, -0.25) is 5.10 Å². The maximum Gasteiger partial charge on any atom is 0.0672 e. The number of benzene rings is 1. The summed E-state index contributed by atoms with van der Waals surface area (Å²) in [7, 11) is 0. The fourth-order valence-electron chi connectivity index (χ4n) is 2.38. The molecule has 1 unspecified atom stereocenters. The zero-order valence-electron chi connectivity index (χ0n) is 10.3. The predicted molar refractivity (Wildman–Crippen MR) is 72.5 cm³/mol. The zero-order valence-corrected chi connectivity index (χ0v) is 10.3. The molecule has 1 aliphatic rings. The second-order valence-corrected chi connectivity index (χ2v) is 4.84. The smallest absolute Gasteiger partial charge is 0.0672 e. The van der Waals surface area contributed by atoms with Crippen LogP contribution in [0.5, 0.6) is 0 Å². The Morgan fingerprint density at radius 3 is 3.28 bits per heavy atom. The van der Waals surface area contributed by atoms with Crippen LogP contribution in [0.3, 0.4) is 0 Å². The number of nitrogens with two attached hydrogens (primary N) is 1. The normalized spacial score (nSPS) is 19.4. The first-order valence-corrected chi connectivity index (χ1v) is 6.37. The van der Waals surface area contributed by atoms with Crippen molar-refractivity contribution in [2.75, 3.05) is 30.8 Å². The third-order valence-electron chi connectivity index (χ3n) is 3.50. The number of aromatic amines is 1. The molecule has 0 bridgehead atoms. The number of nitrogen functional groups attached to an aromatic ring is 1. The Kier molecular flexibility index (Phi) is 3.06. The van der Waals surface area contributed by atoms with Crippen molar-refractivity contribution in [3.05, 3.63) is 18.3 Å². The van der Waals surface area contributed by atoms with Gasteiger partial charge in [0.2, 0.25) is 0 Å². The van der Waals surface area contributed by atoms with E-state index in [1.165, 1.54) is 6.42 Å². The Morgan fingerprint density at radius 2 is 2.44 bits per heavy atom. The Balaban J connectivity index is 1.64. The van der Waals surface area contributed by atoms with Crippen LogP contribution in [0.2, 0.25) is 0 Å². The number of nitrogens with zero attached hydrogens (tertiary/aromatic N) is 1. The number of hydrogen-bond acceptors (Lipinski definition) is 4. The number of H-pyrrole nitrogens is 1. The molecule has 18 heavy (non-hydrogen) atoms. The van der Waals surface area contributed by atoms with Crippen LogP contribution in [0.25, 0.3) is 10.9 Å². The van der Waals surface area contributed by atoms with Gasteiger partial charge in [-0.05, 0) is 30.9 Å². The second kappa shape index (κ2) is 4.86. The van der Waals surface area contributed by atoms with E-state index in [-0.39, 0.29) is 0 Å². The van der Waals surface area contributed by atoms with Crippen molar-refractivity contribution in [2.24, 2.45) is 5.92 Å². The van der Waals surface area contributed by atoms with E-state index in [2.05, 4.69) is 15.5 Å². The maximum atomic E-state index is 6.01. The molecule has 2 heterocycles. The molecule has 0 radical (unpaired) electrons. The van der Waals surface area contributed by atoms with Crippen molar-refractivity contribution in [1.29, 1.82) is 0 Å². The average Bonchev–Trinajstić information content (AvgIpc) is 3.00. The molecule has 1 aromatic carbocycles. The minimum Gasteiger partial charge on any atom is -0.397 e. The first-order chi connectivity index (χ1) is 8.83. The van der Waals surface area contributed by atoms with Crippen molar-refractivity contribution in [1.82, 2.24) is 10.2 Å². The van der Waals surface area contributed by atoms with Gasteiger partial charge in [0.05, 0.1) is 23.1 Å². The number of fused-ring (bicyclic) bond motifs is 1. The molecule has 4 N–H and O–H groups in total. The van der Waals surface area contributed by atoms with Crippen LogP contribution in [-0.4, -0.2) is 30.0 Å². The Bertz CT molecular complexity index is 531. The first-order valence-electron chi connectivity index (χ1n) is 6.37. The minimum absolute atomic E-state index is 0.689. The van der Waals surface area contributed by atoms with Crippen LogP contribution in [0.1, 0.15) is 12.8 Å². The number of nitrogens with one attached hydrogen (secondary N) is 2. The Hall–Kier alpha value is -1.75. The minimum atomic E-state index is 0.689. The first kappa shape index (κ1) is 11.3. The van der Waals surface area contributed by atoms with Crippen LogP contribution in [-0.2, 0) is 4.74 Å². The van der Waals surface area contributed by atoms with E-state index in [1.807, 2.05) is 12.1 Å². The Labute approximate surface area is 106 Å². The molecule has 1 atom stereocenters. The van der Waals surface area contributed by atoms with E-state index in [0.29, 0.717) is 5.92 Å². The van der Waals surface area contributed by atoms with Gasteiger partial charge in [0, 0.05) is 25.1 Å². The number of aromatic nitrogens is 2. The summed E-state index contributed by atoms with van der Waals surface area (Å²) < 4.78 is 5.37. The van der Waals surface area contributed by atoms with Gasteiger partial charge in [-0.2, -0.15) is 5.10 Å². The summed E-state index contributed by atoms with van der Waals surface area (Å²) in [5.41, 5.74) is 8.77. The second-order valence-electron chi connectivity index (χ2n) is 4.84. The summed E-state index contributed by atoms with van der Waals surface area (Å²) in [6.07, 6.45) is 4.09. The topological polar surface area (TPSA) is 76.0 Å². The highest BCUT2D eigenvalue weighted by Crippen LogP contribution is 2.25. The molecule has 0 saturated carbocycles. The van der Waals surface area contributed by atoms with Crippen molar-refractivity contribution >= 4 is 22.3 Å². The van der Waals surface area contributed by atoms with Crippen LogP contribution in [0, 0.1) is 5.92 Å². The summed E-state index contributed by atoms with van der Waals surface area (Å²) in [5, 5.41) is 11.4. The number of rotatable bonds is 4. The summed E-state index contributed by atoms with van der Waals surface area (Å²) in [6.45, 7) is 2.74. The largest absolute Gasteiger partial charge is 0.397 e. The standard InChI is InChI=1S/C13H18N4O/c14-11-5-10-7-16-17-12(10)6-13(11)15-3-1-9-2-4-18-8-9/h5-7,9,15H,1-4,8,14H2,(H,16,17). The van der Waals surface area contributed by atoms with E-state index >= 15 is 0 Å². The Morgan fingerprint density at radius 1 is 1.50 bits per heavy atom. The molecule has 3 rings (SSSR count). The lowest BCUT2D eigenvalue weighted by molar-refractivity contribution is 0.185. The van der Waals surface area contributed by atoms with Gasteiger partial charge in [-0.25, -0.2) is 0 Å². The van der Waals surface area contributed by atoms with Crippen LogP contribution >= 0.6 is 0 Å². The lowest BCUT2D eigenvalue weighted by Gasteiger charge is -2.11. The monoisotopic (exact) mass is 246 g/mol. The summed E-state index contributed by atoms with van der Waals surface area (Å²) in [5.74, 6) is 0.689. The van der Waals surface area contributed by atoms with E-state index in [0.717, 1.165) is 48.5 Å². The highest BCUT2D eigenvalue weighted by molar-refractivity contribution is 5.88. The summed E-state index contributed by atoms with van der Waals surface area (Å²) >= 11 is 0. The zero-order chi connectivity index (χ0) is 12.4. The van der Waals surface area contributed by atoms with Gasteiger partial charge in [0.15, 0.2) is 0 Å². The number of hydrogen-bond donors (Lipinski definition) is 3. The van der Waals surface area contributed by atoms with Gasteiger partial charge in [-0.1, -0.05) is 0 Å². The van der Waals surface area contributed by atoms with Crippen molar-refractivity contribution in [2.45, 2.75) is 12.8 Å². The maximum absolute atomic E-state index is 6.01. The molecule has 0 aliphatic carbocycles. The summed E-state index contributed by atoms with van der Waals surface area (Å²) in [4.78, 5) is 0. The van der Waals surface area contributed by atoms with Gasteiger partial charge < -0.3 is 15.8 Å². The van der Waals surface area contributed by atoms with Gasteiger partial charge in [-0.15, -0.1) is 0 Å². The van der Waals surface area contributed by atoms with Crippen molar-refractivity contribution in [3.63, 3.8) is 0 Å². The molecular weight excluding hydrogens is 228 g/mol. The molecule has 1 aliphatic heterocycles.